The zero-order valence-corrected chi connectivity index (χ0v) is 16.4. The first-order chi connectivity index (χ1) is 12.6. The highest BCUT2D eigenvalue weighted by Crippen LogP contribution is 2.21. The lowest BCUT2D eigenvalue weighted by Crippen LogP contribution is -2.06. The van der Waals surface area contributed by atoms with Gasteiger partial charge in [0.25, 0.3) is 0 Å². The van der Waals surface area contributed by atoms with E-state index in [4.69, 9.17) is 4.74 Å². The molecule has 0 saturated carbocycles. The molecule has 0 bridgehead atoms. The molecule has 0 aliphatic rings. The topological polar surface area (TPSA) is 71.7 Å². The molecule has 150 valence electrons. The van der Waals surface area contributed by atoms with Crippen LogP contribution >= 0.6 is 0 Å². The van der Waals surface area contributed by atoms with E-state index in [0.717, 1.165) is 32.1 Å². The minimum absolute atomic E-state index is 0.0721. The van der Waals surface area contributed by atoms with E-state index >= 15 is 0 Å². The number of aromatic hydroxyl groups is 2. The van der Waals surface area contributed by atoms with Crippen molar-refractivity contribution in [2.75, 3.05) is 6.61 Å². The van der Waals surface area contributed by atoms with E-state index in [0.29, 0.717) is 19.6 Å². The van der Waals surface area contributed by atoms with Crippen LogP contribution in [0.15, 0.2) is 12.1 Å². The predicted molar refractivity (Wildman–Crippen MR) is 104 cm³/mol. The second-order valence-corrected chi connectivity index (χ2v) is 7.06. The first kappa shape index (κ1) is 22.4. The smallest absolute Gasteiger partial charge is 0.305 e. The molecular weight excluding hydrogens is 330 g/mol. The van der Waals surface area contributed by atoms with Gasteiger partial charge in [0.15, 0.2) is 11.8 Å². The Bertz CT molecular complexity index is 465. The number of carbonyl (C=O) groups excluding carboxylic acids is 1. The number of unbranched alkanes of at least 4 members (excludes halogenated alkanes) is 10. The van der Waals surface area contributed by atoms with Crippen molar-refractivity contribution in [3.63, 3.8) is 0 Å². The van der Waals surface area contributed by atoms with Crippen LogP contribution in [0.2, 0.25) is 0 Å². The molecule has 1 aromatic rings. The van der Waals surface area contributed by atoms with Crippen LogP contribution < -0.4 is 0 Å². The predicted octanol–water partition coefficient (Wildman–Crippen LogP) is 5.53. The molecule has 2 N–H and O–H groups in total. The molecule has 5 nitrogen and oxygen atoms in total. The van der Waals surface area contributed by atoms with Crippen molar-refractivity contribution in [1.82, 2.24) is 4.57 Å². The summed E-state index contributed by atoms with van der Waals surface area (Å²) in [5.41, 5.74) is 0. The molecular formula is C21H37NO4. The first-order valence-corrected chi connectivity index (χ1v) is 10.4. The van der Waals surface area contributed by atoms with Crippen molar-refractivity contribution in [3.05, 3.63) is 12.1 Å². The lowest BCUT2D eigenvalue weighted by molar-refractivity contribution is -0.143. The summed E-state index contributed by atoms with van der Waals surface area (Å²) < 4.78 is 6.73. The lowest BCUT2D eigenvalue weighted by Gasteiger charge is -2.07. The van der Waals surface area contributed by atoms with Gasteiger partial charge in [-0.2, -0.15) is 0 Å². The molecule has 0 unspecified atom stereocenters. The average molecular weight is 368 g/mol. The van der Waals surface area contributed by atoms with Crippen LogP contribution in [0.5, 0.6) is 11.8 Å². The highest BCUT2D eigenvalue weighted by molar-refractivity contribution is 5.69. The molecule has 0 radical (unpaired) electrons. The van der Waals surface area contributed by atoms with Gasteiger partial charge in [0.1, 0.15) is 0 Å². The molecule has 1 heterocycles. The summed E-state index contributed by atoms with van der Waals surface area (Å²) >= 11 is 0. The molecule has 0 atom stereocenters. The van der Waals surface area contributed by atoms with Crippen LogP contribution in [-0.2, 0) is 16.1 Å². The Labute approximate surface area is 158 Å². The summed E-state index contributed by atoms with van der Waals surface area (Å²) in [4.78, 5) is 11.7. The van der Waals surface area contributed by atoms with Crippen LogP contribution in [0.3, 0.4) is 0 Å². The monoisotopic (exact) mass is 367 g/mol. The van der Waals surface area contributed by atoms with Gasteiger partial charge in [0, 0.05) is 25.1 Å². The van der Waals surface area contributed by atoms with E-state index in [1.807, 2.05) is 0 Å². The van der Waals surface area contributed by atoms with Crippen molar-refractivity contribution >= 4 is 5.97 Å². The molecule has 0 saturated heterocycles. The molecule has 1 rings (SSSR count). The molecule has 1 aromatic heterocycles. The van der Waals surface area contributed by atoms with Crippen LogP contribution in [0, 0.1) is 0 Å². The number of ether oxygens (including phenoxy) is 1. The Hall–Kier alpha value is -1.65. The second-order valence-electron chi connectivity index (χ2n) is 7.06. The van der Waals surface area contributed by atoms with Gasteiger partial charge < -0.3 is 14.9 Å². The zero-order chi connectivity index (χ0) is 19.0. The van der Waals surface area contributed by atoms with E-state index in [2.05, 4.69) is 6.92 Å². The van der Waals surface area contributed by atoms with Crippen molar-refractivity contribution in [1.29, 1.82) is 0 Å². The summed E-state index contributed by atoms with van der Waals surface area (Å²) in [5, 5.41) is 19.1. The Balaban J connectivity index is 1.87. The fourth-order valence-electron chi connectivity index (χ4n) is 3.06. The van der Waals surface area contributed by atoms with Gasteiger partial charge in [-0.1, -0.05) is 64.7 Å². The van der Waals surface area contributed by atoms with Crippen LogP contribution in [0.25, 0.3) is 0 Å². The minimum atomic E-state index is -0.115. The summed E-state index contributed by atoms with van der Waals surface area (Å²) in [6, 6.07) is 2.94. The van der Waals surface area contributed by atoms with Gasteiger partial charge in [-0.05, 0) is 19.3 Å². The van der Waals surface area contributed by atoms with Gasteiger partial charge in [-0.15, -0.1) is 0 Å². The summed E-state index contributed by atoms with van der Waals surface area (Å²) in [6.07, 6.45) is 14.2. The highest BCUT2D eigenvalue weighted by atomic mass is 16.5. The van der Waals surface area contributed by atoms with Gasteiger partial charge in [-0.3, -0.25) is 9.36 Å². The van der Waals surface area contributed by atoms with Gasteiger partial charge in [0.2, 0.25) is 0 Å². The van der Waals surface area contributed by atoms with Crippen LogP contribution in [-0.4, -0.2) is 27.4 Å². The molecule has 0 amide bonds. The SMILES string of the molecule is CCCCCCCCCCCOC(=O)CCCCCn1c(O)ccc1O. The Morgan fingerprint density at radius 3 is 2.00 bits per heavy atom. The molecule has 0 aliphatic heterocycles. The number of rotatable bonds is 16. The Morgan fingerprint density at radius 2 is 1.38 bits per heavy atom. The fraction of sp³-hybridized carbons (Fsp3) is 0.762. The summed E-state index contributed by atoms with van der Waals surface area (Å²) in [7, 11) is 0. The molecule has 0 spiro atoms. The Kier molecular flexibility index (Phi) is 12.5. The number of carbonyl (C=O) groups is 1. The lowest BCUT2D eigenvalue weighted by atomic mass is 10.1. The third-order valence-corrected chi connectivity index (χ3v) is 4.71. The summed E-state index contributed by atoms with van der Waals surface area (Å²) in [6.45, 7) is 3.33. The third kappa shape index (κ3) is 10.4. The maximum atomic E-state index is 11.7. The van der Waals surface area contributed by atoms with Crippen molar-refractivity contribution in [2.24, 2.45) is 0 Å². The number of esters is 1. The molecule has 0 aliphatic carbocycles. The minimum Gasteiger partial charge on any atom is -0.494 e. The highest BCUT2D eigenvalue weighted by Gasteiger charge is 2.06. The van der Waals surface area contributed by atoms with Crippen molar-refractivity contribution in [2.45, 2.75) is 96.9 Å². The van der Waals surface area contributed by atoms with Crippen LogP contribution in [0.1, 0.15) is 90.4 Å². The largest absolute Gasteiger partial charge is 0.494 e. The quantitative estimate of drug-likeness (QED) is 0.297. The van der Waals surface area contributed by atoms with E-state index < -0.39 is 0 Å². The van der Waals surface area contributed by atoms with Crippen molar-refractivity contribution in [3.8, 4) is 11.8 Å². The molecule has 5 heteroatoms. The maximum absolute atomic E-state index is 11.7. The summed E-state index contributed by atoms with van der Waals surface area (Å²) in [5.74, 6) is 0.0296. The number of hydrogen-bond acceptors (Lipinski definition) is 4. The van der Waals surface area contributed by atoms with Gasteiger partial charge in [0.05, 0.1) is 6.61 Å². The van der Waals surface area contributed by atoms with E-state index in [1.54, 1.807) is 0 Å². The first-order valence-electron chi connectivity index (χ1n) is 10.4. The second kappa shape index (κ2) is 14.5. The van der Waals surface area contributed by atoms with E-state index in [-0.39, 0.29) is 17.7 Å². The molecule has 0 fully saturated rings. The van der Waals surface area contributed by atoms with Gasteiger partial charge >= 0.3 is 5.97 Å². The number of nitrogens with zero attached hydrogens (tertiary/aromatic N) is 1. The van der Waals surface area contributed by atoms with Crippen LogP contribution in [0.4, 0.5) is 0 Å². The molecule has 26 heavy (non-hydrogen) atoms. The van der Waals surface area contributed by atoms with Crippen molar-refractivity contribution < 1.29 is 19.7 Å². The van der Waals surface area contributed by atoms with E-state index in [1.165, 1.54) is 61.6 Å². The standard InChI is InChI=1S/C21H37NO4/c1-2-3-4-5-6-7-8-9-13-18-26-21(25)14-11-10-12-17-22-19(23)15-16-20(22)24/h15-16,23-24H,2-14,17-18H2,1H3. The number of aromatic nitrogens is 1. The fourth-order valence-corrected chi connectivity index (χ4v) is 3.06. The molecule has 0 aromatic carbocycles. The normalized spacial score (nSPS) is 11.0. The van der Waals surface area contributed by atoms with Gasteiger partial charge in [-0.25, -0.2) is 0 Å². The third-order valence-electron chi connectivity index (χ3n) is 4.71. The van der Waals surface area contributed by atoms with E-state index in [9.17, 15) is 15.0 Å². The maximum Gasteiger partial charge on any atom is 0.305 e. The zero-order valence-electron chi connectivity index (χ0n) is 16.4. The average Bonchev–Trinajstić information content (AvgIpc) is 2.94. The Morgan fingerprint density at radius 1 is 0.846 bits per heavy atom. The number of hydrogen-bond donors (Lipinski definition) is 2.